The fraction of sp³-hybridized carbons (Fsp3) is 1.00. The maximum Gasteiger partial charge on any atom is 0.158 e. The molecular formula is C15H32O2. The third-order valence-corrected chi connectivity index (χ3v) is 2.64. The van der Waals surface area contributed by atoms with Crippen LogP contribution < -0.4 is 0 Å². The van der Waals surface area contributed by atoms with E-state index in [-0.39, 0.29) is 18.5 Å². The van der Waals surface area contributed by atoms with Gasteiger partial charge in [-0.25, -0.2) is 0 Å². The molecule has 0 bridgehead atoms. The molecule has 0 atom stereocenters. The number of rotatable bonds is 11. The normalized spacial score (nSPS) is 12.0. The first-order valence-corrected chi connectivity index (χ1v) is 7.37. The second-order valence-corrected chi connectivity index (χ2v) is 5.36. The second kappa shape index (κ2) is 11.0. The monoisotopic (exact) mass is 244 g/mol. The first-order valence-electron chi connectivity index (χ1n) is 7.37. The van der Waals surface area contributed by atoms with Gasteiger partial charge in [0.05, 0.1) is 12.2 Å². The van der Waals surface area contributed by atoms with Gasteiger partial charge in [-0.1, -0.05) is 39.0 Å². The molecule has 0 rings (SSSR count). The zero-order valence-corrected chi connectivity index (χ0v) is 12.5. The van der Waals surface area contributed by atoms with Gasteiger partial charge in [0.1, 0.15) is 0 Å². The molecule has 17 heavy (non-hydrogen) atoms. The lowest BCUT2D eigenvalue weighted by molar-refractivity contribution is -0.184. The van der Waals surface area contributed by atoms with Gasteiger partial charge < -0.3 is 9.47 Å². The van der Waals surface area contributed by atoms with E-state index in [9.17, 15) is 0 Å². The third kappa shape index (κ3) is 12.2. The highest BCUT2D eigenvalue weighted by Crippen LogP contribution is 2.14. The van der Waals surface area contributed by atoms with Crippen molar-refractivity contribution in [3.05, 3.63) is 0 Å². The van der Waals surface area contributed by atoms with Crippen molar-refractivity contribution in [2.24, 2.45) is 0 Å². The van der Waals surface area contributed by atoms with Crippen molar-refractivity contribution in [2.75, 3.05) is 0 Å². The lowest BCUT2D eigenvalue weighted by Crippen LogP contribution is -2.24. The molecule has 0 aromatic carbocycles. The summed E-state index contributed by atoms with van der Waals surface area (Å²) in [6.07, 6.45) is 9.44. The van der Waals surface area contributed by atoms with Crippen molar-refractivity contribution in [3.8, 4) is 0 Å². The lowest BCUT2D eigenvalue weighted by Gasteiger charge is -2.23. The fourth-order valence-electron chi connectivity index (χ4n) is 1.87. The largest absolute Gasteiger partial charge is 0.350 e. The summed E-state index contributed by atoms with van der Waals surface area (Å²) in [7, 11) is 0. The van der Waals surface area contributed by atoms with E-state index in [1.807, 2.05) is 0 Å². The predicted octanol–water partition coefficient (Wildman–Crippen LogP) is 4.91. The van der Waals surface area contributed by atoms with Crippen molar-refractivity contribution < 1.29 is 9.47 Å². The summed E-state index contributed by atoms with van der Waals surface area (Å²) < 4.78 is 11.5. The molecule has 0 N–H and O–H groups in total. The average molecular weight is 244 g/mol. The molecule has 0 aliphatic heterocycles. The van der Waals surface area contributed by atoms with Gasteiger partial charge in [0.25, 0.3) is 0 Å². The van der Waals surface area contributed by atoms with Crippen LogP contribution in [0.2, 0.25) is 0 Å². The zero-order valence-electron chi connectivity index (χ0n) is 12.5. The Kier molecular flexibility index (Phi) is 11.0. The van der Waals surface area contributed by atoms with Crippen LogP contribution in [0.1, 0.15) is 79.6 Å². The van der Waals surface area contributed by atoms with Gasteiger partial charge in [-0.3, -0.25) is 0 Å². The van der Waals surface area contributed by atoms with Crippen molar-refractivity contribution in [1.82, 2.24) is 0 Å². The molecule has 0 saturated carbocycles. The third-order valence-electron chi connectivity index (χ3n) is 2.64. The minimum absolute atomic E-state index is 0.0128. The quantitative estimate of drug-likeness (QED) is 0.379. The van der Waals surface area contributed by atoms with Gasteiger partial charge >= 0.3 is 0 Å². The Morgan fingerprint density at radius 1 is 0.706 bits per heavy atom. The van der Waals surface area contributed by atoms with E-state index in [0.29, 0.717) is 0 Å². The van der Waals surface area contributed by atoms with Crippen molar-refractivity contribution in [1.29, 1.82) is 0 Å². The summed E-state index contributed by atoms with van der Waals surface area (Å²) in [5.74, 6) is 0. The van der Waals surface area contributed by atoms with Crippen LogP contribution in [-0.4, -0.2) is 18.5 Å². The van der Waals surface area contributed by atoms with Crippen LogP contribution in [-0.2, 0) is 9.47 Å². The molecule has 0 radical (unpaired) electrons. The molecule has 0 amide bonds. The first-order chi connectivity index (χ1) is 8.06. The Hall–Kier alpha value is -0.0800. The van der Waals surface area contributed by atoms with E-state index < -0.39 is 0 Å². The minimum Gasteiger partial charge on any atom is -0.350 e. The van der Waals surface area contributed by atoms with E-state index in [2.05, 4.69) is 34.6 Å². The van der Waals surface area contributed by atoms with E-state index in [4.69, 9.17) is 9.47 Å². The Morgan fingerprint density at radius 3 is 1.65 bits per heavy atom. The smallest absolute Gasteiger partial charge is 0.158 e. The van der Waals surface area contributed by atoms with Crippen LogP contribution in [0.5, 0.6) is 0 Å². The fourth-order valence-corrected chi connectivity index (χ4v) is 1.87. The van der Waals surface area contributed by atoms with E-state index in [1.165, 1.54) is 38.5 Å². The van der Waals surface area contributed by atoms with Crippen molar-refractivity contribution in [3.63, 3.8) is 0 Å². The van der Waals surface area contributed by atoms with Gasteiger partial charge in [-0.05, 0) is 40.5 Å². The van der Waals surface area contributed by atoms with Gasteiger partial charge in [0.15, 0.2) is 6.29 Å². The molecule has 0 aromatic rings. The Morgan fingerprint density at radius 2 is 1.18 bits per heavy atom. The molecule has 0 saturated heterocycles. The highest BCUT2D eigenvalue weighted by Gasteiger charge is 2.12. The molecule has 0 aliphatic carbocycles. The summed E-state index contributed by atoms with van der Waals surface area (Å²) in [5, 5.41) is 0. The Balaban J connectivity index is 3.60. The van der Waals surface area contributed by atoms with Crippen molar-refractivity contribution in [2.45, 2.75) is 98.1 Å². The average Bonchev–Trinajstić information content (AvgIpc) is 2.21. The molecule has 0 unspecified atom stereocenters. The van der Waals surface area contributed by atoms with Crippen LogP contribution in [0.4, 0.5) is 0 Å². The van der Waals surface area contributed by atoms with Crippen LogP contribution in [0.3, 0.4) is 0 Å². The summed E-state index contributed by atoms with van der Waals surface area (Å²) in [6.45, 7) is 10.5. The SMILES string of the molecule is CCCCCCCCC(OC(C)C)OC(C)C. The highest BCUT2D eigenvalue weighted by molar-refractivity contribution is 4.53. The molecule has 2 heteroatoms. The minimum atomic E-state index is -0.0128. The molecule has 0 heterocycles. The molecule has 0 aromatic heterocycles. The predicted molar refractivity (Wildman–Crippen MR) is 74.2 cm³/mol. The van der Waals surface area contributed by atoms with E-state index in [0.717, 1.165) is 6.42 Å². The van der Waals surface area contributed by atoms with Crippen molar-refractivity contribution >= 4 is 0 Å². The Bertz CT molecular complexity index is 145. The number of hydrogen-bond donors (Lipinski definition) is 0. The summed E-state index contributed by atoms with van der Waals surface area (Å²) in [5.41, 5.74) is 0. The standard InChI is InChI=1S/C15H32O2/c1-6-7-8-9-10-11-12-15(16-13(2)3)17-14(4)5/h13-15H,6-12H2,1-5H3. The van der Waals surface area contributed by atoms with Gasteiger partial charge in [0, 0.05) is 0 Å². The molecular weight excluding hydrogens is 212 g/mol. The zero-order chi connectivity index (χ0) is 13.1. The number of unbranched alkanes of at least 4 members (excludes halogenated alkanes) is 5. The summed E-state index contributed by atoms with van der Waals surface area (Å²) >= 11 is 0. The highest BCUT2D eigenvalue weighted by atomic mass is 16.7. The van der Waals surface area contributed by atoms with Gasteiger partial charge in [-0.2, -0.15) is 0 Å². The molecule has 0 fully saturated rings. The number of ether oxygens (including phenoxy) is 2. The summed E-state index contributed by atoms with van der Waals surface area (Å²) in [4.78, 5) is 0. The number of hydrogen-bond acceptors (Lipinski definition) is 2. The topological polar surface area (TPSA) is 18.5 Å². The lowest BCUT2D eigenvalue weighted by atomic mass is 10.1. The van der Waals surface area contributed by atoms with Crippen LogP contribution in [0.25, 0.3) is 0 Å². The maximum absolute atomic E-state index is 5.77. The second-order valence-electron chi connectivity index (χ2n) is 5.36. The maximum atomic E-state index is 5.77. The first kappa shape index (κ1) is 16.9. The van der Waals surface area contributed by atoms with E-state index in [1.54, 1.807) is 0 Å². The van der Waals surface area contributed by atoms with E-state index >= 15 is 0 Å². The van der Waals surface area contributed by atoms with Gasteiger partial charge in [0.2, 0.25) is 0 Å². The molecule has 104 valence electrons. The summed E-state index contributed by atoms with van der Waals surface area (Å²) in [6, 6.07) is 0. The molecule has 2 nitrogen and oxygen atoms in total. The van der Waals surface area contributed by atoms with Crippen LogP contribution in [0.15, 0.2) is 0 Å². The Labute approximate surface area is 108 Å². The van der Waals surface area contributed by atoms with Gasteiger partial charge in [-0.15, -0.1) is 0 Å². The van der Waals surface area contributed by atoms with Crippen LogP contribution in [0, 0.1) is 0 Å². The molecule has 0 aliphatic rings. The van der Waals surface area contributed by atoms with Crippen LogP contribution >= 0.6 is 0 Å². The molecule has 0 spiro atoms.